The molecule has 0 saturated heterocycles. The number of benzene rings is 2. The molecule has 0 aliphatic carbocycles. The van der Waals surface area contributed by atoms with Crippen molar-refractivity contribution in [3.63, 3.8) is 0 Å². The highest BCUT2D eigenvalue weighted by Gasteiger charge is 2.29. The Bertz CT molecular complexity index is 1270. The van der Waals surface area contributed by atoms with Crippen LogP contribution < -0.4 is 5.32 Å². The van der Waals surface area contributed by atoms with Crippen LogP contribution in [0.2, 0.25) is 0 Å². The third-order valence-electron chi connectivity index (χ3n) is 5.91. The Hall–Kier alpha value is -3.27. The first kappa shape index (κ1) is 14.9. The number of rotatable bonds is 2. The van der Waals surface area contributed by atoms with Crippen molar-refractivity contribution in [1.82, 2.24) is 14.9 Å². The fourth-order valence-corrected chi connectivity index (χ4v) is 4.73. The van der Waals surface area contributed by atoms with Gasteiger partial charge in [-0.1, -0.05) is 36.4 Å². The summed E-state index contributed by atoms with van der Waals surface area (Å²) in [6, 6.07) is 14.7. The summed E-state index contributed by atoms with van der Waals surface area (Å²) < 4.78 is 2.35. The van der Waals surface area contributed by atoms with Crippen molar-refractivity contribution in [2.24, 2.45) is 0 Å². The number of para-hydroxylation sites is 2. The normalized spacial score (nSPS) is 16.5. The van der Waals surface area contributed by atoms with Gasteiger partial charge in [-0.15, -0.1) is 0 Å². The van der Waals surface area contributed by atoms with Gasteiger partial charge in [0.05, 0.1) is 23.3 Å². The fraction of sp³-hybridized carbons (Fsp3) is 0.174. The van der Waals surface area contributed by atoms with Gasteiger partial charge in [0.2, 0.25) is 0 Å². The zero-order valence-corrected chi connectivity index (χ0v) is 14.9. The van der Waals surface area contributed by atoms with Gasteiger partial charge in [-0.2, -0.15) is 0 Å². The molecule has 0 fully saturated rings. The first-order valence-electron chi connectivity index (χ1n) is 9.50. The third-order valence-corrected chi connectivity index (χ3v) is 5.91. The van der Waals surface area contributed by atoms with Gasteiger partial charge in [-0.3, -0.25) is 4.79 Å². The molecule has 132 valence electrons. The summed E-state index contributed by atoms with van der Waals surface area (Å²) in [5.74, 6) is 0.154. The number of hydrogen-bond donors (Lipinski definition) is 2. The molecule has 4 nitrogen and oxygen atoms in total. The van der Waals surface area contributed by atoms with Gasteiger partial charge in [0, 0.05) is 46.4 Å². The second-order valence-corrected chi connectivity index (χ2v) is 7.43. The second kappa shape index (κ2) is 5.36. The number of fused-ring (bicyclic) bond motifs is 1. The Balaban J connectivity index is 1.66. The minimum atomic E-state index is 0.154. The molecule has 4 aromatic rings. The van der Waals surface area contributed by atoms with Gasteiger partial charge in [0.15, 0.2) is 5.78 Å². The number of aryl methyl sites for hydroxylation is 2. The second-order valence-electron chi connectivity index (χ2n) is 7.43. The van der Waals surface area contributed by atoms with Crippen LogP contribution in [-0.4, -0.2) is 21.9 Å². The van der Waals surface area contributed by atoms with Crippen LogP contribution in [0.3, 0.4) is 0 Å². The lowest BCUT2D eigenvalue weighted by molar-refractivity contribution is -0.112. The quantitative estimate of drug-likeness (QED) is 0.570. The molecule has 2 aliphatic heterocycles. The van der Waals surface area contributed by atoms with Crippen molar-refractivity contribution in [3.8, 4) is 0 Å². The molecule has 0 radical (unpaired) electrons. The molecule has 0 unspecified atom stereocenters. The van der Waals surface area contributed by atoms with E-state index in [9.17, 15) is 4.79 Å². The lowest BCUT2D eigenvalue weighted by Gasteiger charge is -2.14. The van der Waals surface area contributed by atoms with E-state index in [0.29, 0.717) is 6.54 Å². The van der Waals surface area contributed by atoms with Crippen LogP contribution in [0.15, 0.2) is 54.9 Å². The van der Waals surface area contributed by atoms with Gasteiger partial charge >= 0.3 is 0 Å². The minimum Gasteiger partial charge on any atom is -0.376 e. The average Bonchev–Trinajstić information content (AvgIpc) is 3.38. The molecule has 0 amide bonds. The van der Waals surface area contributed by atoms with E-state index in [1.165, 1.54) is 22.9 Å². The number of ketones is 1. The van der Waals surface area contributed by atoms with Crippen molar-refractivity contribution in [3.05, 3.63) is 71.5 Å². The standard InChI is InChI=1S/C23H19N3O/c27-20-12-25-22(21(20)17-11-24-19-9-2-1-7-15(17)19)18-13-26-10-4-6-14-5-3-8-16(18)23(14)26/h1-3,5,7-9,11,13,24-25H,4,6,10,12H2. The molecule has 0 bridgehead atoms. The maximum absolute atomic E-state index is 12.9. The molecule has 2 aromatic carbocycles. The number of hydrogen-bond acceptors (Lipinski definition) is 2. The van der Waals surface area contributed by atoms with Crippen molar-refractivity contribution in [2.75, 3.05) is 6.54 Å². The summed E-state index contributed by atoms with van der Waals surface area (Å²) in [5.41, 5.74) is 7.68. The summed E-state index contributed by atoms with van der Waals surface area (Å²) in [5, 5.41) is 5.73. The Morgan fingerprint density at radius 2 is 1.85 bits per heavy atom. The van der Waals surface area contributed by atoms with Gasteiger partial charge in [-0.25, -0.2) is 0 Å². The number of Topliss-reactive ketones (excluding diaryl/α,β-unsaturated/α-hetero) is 1. The SMILES string of the molecule is O=C1CNC(c2cn3c4c(cccc24)CCC3)=C1c1c[nH]c2ccccc12. The van der Waals surface area contributed by atoms with Gasteiger partial charge < -0.3 is 14.9 Å². The number of carbonyl (C=O) groups is 1. The molecule has 6 rings (SSSR count). The van der Waals surface area contributed by atoms with Crippen LogP contribution >= 0.6 is 0 Å². The van der Waals surface area contributed by atoms with E-state index in [1.54, 1.807) is 0 Å². The number of nitrogens with zero attached hydrogens (tertiary/aromatic N) is 1. The molecule has 27 heavy (non-hydrogen) atoms. The number of nitrogens with one attached hydrogen (secondary N) is 2. The summed E-state index contributed by atoms with van der Waals surface area (Å²) in [6.07, 6.45) is 6.49. The van der Waals surface area contributed by atoms with Crippen molar-refractivity contribution < 1.29 is 4.79 Å². The summed E-state index contributed by atoms with van der Waals surface area (Å²) in [7, 11) is 0. The fourth-order valence-electron chi connectivity index (χ4n) is 4.73. The van der Waals surface area contributed by atoms with Crippen LogP contribution in [0.1, 0.15) is 23.1 Å². The zero-order valence-electron chi connectivity index (χ0n) is 14.9. The van der Waals surface area contributed by atoms with Crippen LogP contribution in [0, 0.1) is 0 Å². The van der Waals surface area contributed by atoms with Gasteiger partial charge in [-0.05, 0) is 24.5 Å². The monoisotopic (exact) mass is 353 g/mol. The highest BCUT2D eigenvalue weighted by Crippen LogP contribution is 2.38. The maximum atomic E-state index is 12.9. The predicted molar refractivity (Wildman–Crippen MR) is 108 cm³/mol. The summed E-state index contributed by atoms with van der Waals surface area (Å²) in [4.78, 5) is 16.2. The summed E-state index contributed by atoms with van der Waals surface area (Å²) >= 11 is 0. The van der Waals surface area contributed by atoms with E-state index in [0.717, 1.165) is 46.3 Å². The highest BCUT2D eigenvalue weighted by atomic mass is 16.1. The topological polar surface area (TPSA) is 49.8 Å². The predicted octanol–water partition coefficient (Wildman–Crippen LogP) is 4.11. The smallest absolute Gasteiger partial charge is 0.184 e. The molecule has 4 heteroatoms. The van der Waals surface area contributed by atoms with E-state index in [4.69, 9.17) is 0 Å². The maximum Gasteiger partial charge on any atom is 0.184 e. The number of aromatic nitrogens is 2. The molecule has 0 atom stereocenters. The van der Waals surface area contributed by atoms with Crippen molar-refractivity contribution in [2.45, 2.75) is 19.4 Å². The van der Waals surface area contributed by atoms with Crippen LogP contribution in [0.25, 0.3) is 33.1 Å². The van der Waals surface area contributed by atoms with Crippen LogP contribution in [-0.2, 0) is 17.8 Å². The lowest BCUT2D eigenvalue weighted by atomic mass is 9.97. The average molecular weight is 353 g/mol. The van der Waals surface area contributed by atoms with E-state index >= 15 is 0 Å². The van der Waals surface area contributed by atoms with Crippen LogP contribution in [0.4, 0.5) is 0 Å². The minimum absolute atomic E-state index is 0.154. The van der Waals surface area contributed by atoms with E-state index in [-0.39, 0.29) is 5.78 Å². The molecular formula is C23H19N3O. The number of H-pyrrole nitrogens is 1. The Morgan fingerprint density at radius 3 is 2.81 bits per heavy atom. The number of carbonyl (C=O) groups excluding carboxylic acids is 1. The summed E-state index contributed by atoms with van der Waals surface area (Å²) in [6.45, 7) is 1.40. The lowest BCUT2D eigenvalue weighted by Crippen LogP contribution is -2.10. The molecule has 0 spiro atoms. The molecule has 2 aliphatic rings. The molecule has 2 N–H and O–H groups in total. The van der Waals surface area contributed by atoms with Crippen molar-refractivity contribution >= 4 is 38.9 Å². The van der Waals surface area contributed by atoms with E-state index in [2.05, 4.69) is 45.3 Å². The first-order valence-corrected chi connectivity index (χ1v) is 9.50. The molecule has 4 heterocycles. The van der Waals surface area contributed by atoms with Crippen molar-refractivity contribution in [1.29, 1.82) is 0 Å². The third kappa shape index (κ3) is 2.01. The van der Waals surface area contributed by atoms with E-state index in [1.807, 2.05) is 24.4 Å². The number of aromatic amines is 1. The Kier molecular flexibility index (Phi) is 2.95. The zero-order chi connectivity index (χ0) is 18.0. The first-order chi connectivity index (χ1) is 13.3. The van der Waals surface area contributed by atoms with Gasteiger partial charge in [0.25, 0.3) is 0 Å². The largest absolute Gasteiger partial charge is 0.376 e. The van der Waals surface area contributed by atoms with Gasteiger partial charge in [0.1, 0.15) is 0 Å². The van der Waals surface area contributed by atoms with E-state index < -0.39 is 0 Å². The molecule has 0 saturated carbocycles. The Labute approximate surface area is 156 Å². The molecular weight excluding hydrogens is 334 g/mol. The van der Waals surface area contributed by atoms with Crippen LogP contribution in [0.5, 0.6) is 0 Å². The highest BCUT2D eigenvalue weighted by molar-refractivity contribution is 6.34. The Morgan fingerprint density at radius 1 is 0.963 bits per heavy atom. The molecule has 2 aromatic heterocycles.